The van der Waals surface area contributed by atoms with Gasteiger partial charge in [-0.1, -0.05) is 70.0 Å². The van der Waals surface area contributed by atoms with Crippen LogP contribution in [-0.4, -0.2) is 55.8 Å². The number of carbonyl (C=O) groups is 1. The molecule has 3 aromatic rings. The van der Waals surface area contributed by atoms with E-state index in [2.05, 4.69) is 33.0 Å². The number of halogens is 2. The molecule has 0 saturated carbocycles. The van der Waals surface area contributed by atoms with Crippen LogP contribution in [0.25, 0.3) is 0 Å². The van der Waals surface area contributed by atoms with Crippen molar-refractivity contribution in [3.8, 4) is 0 Å². The van der Waals surface area contributed by atoms with Crippen molar-refractivity contribution in [1.29, 1.82) is 0 Å². The minimum atomic E-state index is -3.82. The van der Waals surface area contributed by atoms with Crippen molar-refractivity contribution < 1.29 is 13.2 Å². The lowest BCUT2D eigenvalue weighted by Crippen LogP contribution is -2.50. The number of amides is 1. The van der Waals surface area contributed by atoms with Crippen LogP contribution in [0.4, 0.5) is 5.69 Å². The Balaban J connectivity index is 1.43. The summed E-state index contributed by atoms with van der Waals surface area (Å²) < 4.78 is 30.2. The molecule has 6 nitrogen and oxygen atoms in total. The molecule has 1 amide bonds. The van der Waals surface area contributed by atoms with E-state index in [1.807, 2.05) is 55.5 Å². The van der Waals surface area contributed by atoms with Gasteiger partial charge in [0.05, 0.1) is 11.7 Å². The molecule has 0 aliphatic carbocycles. The zero-order chi connectivity index (χ0) is 26.3. The molecule has 0 aromatic heterocycles. The monoisotopic (exact) mass is 601 g/mol. The van der Waals surface area contributed by atoms with Crippen LogP contribution >= 0.6 is 27.5 Å². The molecular weight excluding hydrogens is 574 g/mol. The molecule has 2 aliphatic heterocycles. The number of hydrogen-bond acceptors (Lipinski definition) is 4. The maximum Gasteiger partial charge on any atom is 0.245 e. The van der Waals surface area contributed by atoms with E-state index in [1.54, 1.807) is 15.3 Å². The lowest BCUT2D eigenvalue weighted by molar-refractivity contribution is -0.116. The molecule has 5 rings (SSSR count). The molecule has 0 spiro atoms. The van der Waals surface area contributed by atoms with Crippen LogP contribution in [-0.2, 0) is 21.2 Å². The average molecular weight is 603 g/mol. The van der Waals surface area contributed by atoms with Crippen molar-refractivity contribution in [1.82, 2.24) is 9.21 Å². The fraction of sp³-hybridized carbons (Fsp3) is 0.321. The van der Waals surface area contributed by atoms with Crippen LogP contribution in [0.3, 0.4) is 0 Å². The molecule has 2 heterocycles. The predicted molar refractivity (Wildman–Crippen MR) is 151 cm³/mol. The van der Waals surface area contributed by atoms with Gasteiger partial charge < -0.3 is 4.90 Å². The Hall–Kier alpha value is -2.23. The number of rotatable bonds is 5. The third-order valence-corrected chi connectivity index (χ3v) is 9.83. The maximum atomic E-state index is 14.0. The van der Waals surface area contributed by atoms with Gasteiger partial charge in [-0.25, -0.2) is 8.42 Å². The summed E-state index contributed by atoms with van der Waals surface area (Å²) in [4.78, 5) is 16.6. The third kappa shape index (κ3) is 5.10. The fourth-order valence-corrected chi connectivity index (χ4v) is 8.04. The van der Waals surface area contributed by atoms with Gasteiger partial charge in [0.1, 0.15) is 4.90 Å². The Kier molecular flexibility index (Phi) is 7.49. The summed E-state index contributed by atoms with van der Waals surface area (Å²) in [6.07, 6.45) is 0.629. The molecule has 37 heavy (non-hydrogen) atoms. The number of nitrogens with zero attached hydrogens (tertiary/aromatic N) is 3. The molecule has 9 heteroatoms. The molecule has 2 atom stereocenters. The van der Waals surface area contributed by atoms with E-state index in [0.29, 0.717) is 47.8 Å². The molecule has 1 saturated heterocycles. The molecule has 2 aliphatic rings. The second-order valence-corrected chi connectivity index (χ2v) is 12.9. The summed E-state index contributed by atoms with van der Waals surface area (Å²) >= 11 is 9.64. The van der Waals surface area contributed by atoms with Crippen LogP contribution in [0.2, 0.25) is 5.02 Å². The number of anilines is 1. The first-order valence-electron chi connectivity index (χ1n) is 12.3. The molecule has 0 bridgehead atoms. The molecule has 3 aromatic carbocycles. The molecule has 0 radical (unpaired) electrons. The third-order valence-electron chi connectivity index (χ3n) is 7.21. The fourth-order valence-electron chi connectivity index (χ4n) is 5.59. The summed E-state index contributed by atoms with van der Waals surface area (Å²) in [6, 6.07) is 21.6. The molecular formula is C28H29BrClN3O3S. The SMILES string of the molecule is CC(=O)N1c2c(cc(Br)cc2S(=O)(=O)N2CCN([C@H](c3ccccc3)c3ccc(Cl)cc3)CC2)C[C@@H]1C. The summed E-state index contributed by atoms with van der Waals surface area (Å²) in [5.74, 6) is -0.150. The van der Waals surface area contributed by atoms with E-state index in [-0.39, 0.29) is 22.9 Å². The minimum absolute atomic E-state index is 0.00695. The number of fused-ring (bicyclic) bond motifs is 1. The maximum absolute atomic E-state index is 14.0. The van der Waals surface area contributed by atoms with Crippen LogP contribution in [0, 0.1) is 0 Å². The Morgan fingerprint density at radius 2 is 1.59 bits per heavy atom. The lowest BCUT2D eigenvalue weighted by Gasteiger charge is -2.39. The van der Waals surface area contributed by atoms with Crippen LogP contribution in [0.5, 0.6) is 0 Å². The van der Waals surface area contributed by atoms with Gasteiger partial charge in [0, 0.05) is 48.6 Å². The lowest BCUT2D eigenvalue weighted by atomic mass is 9.96. The van der Waals surface area contributed by atoms with Crippen LogP contribution in [0.15, 0.2) is 76.1 Å². The highest BCUT2D eigenvalue weighted by atomic mass is 79.9. The topological polar surface area (TPSA) is 60.9 Å². The first kappa shape index (κ1) is 26.4. The summed E-state index contributed by atoms with van der Waals surface area (Å²) in [5.41, 5.74) is 3.66. The average Bonchev–Trinajstić information content (AvgIpc) is 3.21. The van der Waals surface area contributed by atoms with Gasteiger partial charge in [-0.15, -0.1) is 0 Å². The van der Waals surface area contributed by atoms with E-state index >= 15 is 0 Å². The van der Waals surface area contributed by atoms with Crippen molar-refractivity contribution in [2.75, 3.05) is 31.1 Å². The van der Waals surface area contributed by atoms with Gasteiger partial charge in [-0.2, -0.15) is 4.31 Å². The van der Waals surface area contributed by atoms with Gasteiger partial charge in [0.2, 0.25) is 15.9 Å². The van der Waals surface area contributed by atoms with Crippen molar-refractivity contribution in [3.63, 3.8) is 0 Å². The van der Waals surface area contributed by atoms with Crippen molar-refractivity contribution in [2.45, 2.75) is 37.2 Å². The van der Waals surface area contributed by atoms with Crippen molar-refractivity contribution in [3.05, 3.63) is 92.9 Å². The summed E-state index contributed by atoms with van der Waals surface area (Å²) in [6.45, 7) is 5.30. The highest BCUT2D eigenvalue weighted by Crippen LogP contribution is 2.41. The van der Waals surface area contributed by atoms with Gasteiger partial charge in [0.25, 0.3) is 0 Å². The first-order valence-corrected chi connectivity index (χ1v) is 14.9. The van der Waals surface area contributed by atoms with E-state index < -0.39 is 10.0 Å². The van der Waals surface area contributed by atoms with E-state index in [9.17, 15) is 13.2 Å². The van der Waals surface area contributed by atoms with E-state index in [4.69, 9.17) is 11.6 Å². The molecule has 1 fully saturated rings. The van der Waals surface area contributed by atoms with Crippen molar-refractivity contribution >= 4 is 49.1 Å². The zero-order valence-corrected chi connectivity index (χ0v) is 23.9. The van der Waals surface area contributed by atoms with Gasteiger partial charge in [-0.3, -0.25) is 9.69 Å². The Labute approximate surface area is 232 Å². The molecule has 194 valence electrons. The second-order valence-electron chi connectivity index (χ2n) is 9.66. The largest absolute Gasteiger partial charge is 0.308 e. The Bertz CT molecular complexity index is 1410. The van der Waals surface area contributed by atoms with Gasteiger partial charge in [0.15, 0.2) is 0 Å². The number of benzene rings is 3. The zero-order valence-electron chi connectivity index (χ0n) is 20.8. The standard InChI is InChI=1S/C28H29BrClN3O3S/c1-19-16-23-17-24(29)18-26(28(23)33(19)20(2)34)37(35,36)32-14-12-31(13-15-32)27(21-6-4-3-5-7-21)22-8-10-25(30)11-9-22/h3-11,17-19,27H,12-16H2,1-2H3/t19-,27+/m0/s1. The Morgan fingerprint density at radius 3 is 2.22 bits per heavy atom. The van der Waals surface area contributed by atoms with Gasteiger partial charge >= 0.3 is 0 Å². The number of piperazine rings is 1. The normalized spacial score (nSPS) is 19.6. The van der Waals surface area contributed by atoms with Crippen molar-refractivity contribution in [2.24, 2.45) is 0 Å². The van der Waals surface area contributed by atoms with E-state index in [0.717, 1.165) is 16.7 Å². The van der Waals surface area contributed by atoms with Crippen LogP contribution < -0.4 is 4.90 Å². The minimum Gasteiger partial charge on any atom is -0.308 e. The number of sulfonamides is 1. The second kappa shape index (κ2) is 10.5. The van der Waals surface area contributed by atoms with Gasteiger partial charge in [-0.05, 0) is 54.3 Å². The smallest absolute Gasteiger partial charge is 0.245 e. The van der Waals surface area contributed by atoms with Crippen LogP contribution in [0.1, 0.15) is 36.6 Å². The highest BCUT2D eigenvalue weighted by Gasteiger charge is 2.39. The Morgan fingerprint density at radius 1 is 0.973 bits per heavy atom. The number of hydrogen-bond donors (Lipinski definition) is 0. The predicted octanol–water partition coefficient (Wildman–Crippen LogP) is 5.50. The molecule has 0 N–H and O–H groups in total. The highest BCUT2D eigenvalue weighted by molar-refractivity contribution is 9.10. The number of carbonyl (C=O) groups excluding carboxylic acids is 1. The molecule has 0 unspecified atom stereocenters. The first-order chi connectivity index (χ1) is 17.7. The summed E-state index contributed by atoms with van der Waals surface area (Å²) in [5, 5.41) is 0.682. The quantitative estimate of drug-likeness (QED) is 0.387. The van der Waals surface area contributed by atoms with E-state index in [1.165, 1.54) is 6.92 Å². The summed E-state index contributed by atoms with van der Waals surface area (Å²) in [7, 11) is -3.82.